The Morgan fingerprint density at radius 2 is 1.84 bits per heavy atom. The van der Waals surface area contributed by atoms with Crippen LogP contribution in [0.4, 0.5) is 5.82 Å². The Morgan fingerprint density at radius 3 is 2.48 bits per heavy atom. The molecule has 25 heavy (non-hydrogen) atoms. The van der Waals surface area contributed by atoms with Crippen molar-refractivity contribution in [2.45, 2.75) is 6.54 Å². The summed E-state index contributed by atoms with van der Waals surface area (Å²) in [4.78, 5) is 12.2. The number of anilines is 1. The summed E-state index contributed by atoms with van der Waals surface area (Å²) in [6.07, 6.45) is 3.11. The number of aryl methyl sites for hydroxylation is 1. The molecule has 6 nitrogen and oxygen atoms in total. The fraction of sp³-hybridized carbons (Fsp3) is 0.133. The van der Waals surface area contributed by atoms with Crippen molar-refractivity contribution in [2.75, 3.05) is 5.32 Å². The van der Waals surface area contributed by atoms with E-state index in [-0.39, 0.29) is 21.6 Å². The summed E-state index contributed by atoms with van der Waals surface area (Å²) in [7, 11) is 1.67. The van der Waals surface area contributed by atoms with Gasteiger partial charge in [-0.1, -0.05) is 52.5 Å². The second-order valence-corrected chi connectivity index (χ2v) is 6.87. The first-order chi connectivity index (χ1) is 11.8. The highest BCUT2D eigenvalue weighted by molar-refractivity contribution is 6.36. The topological polar surface area (TPSA) is 64.7 Å². The fourth-order valence-electron chi connectivity index (χ4n) is 2.17. The predicted octanol–water partition coefficient (Wildman–Crippen LogP) is 4.53. The average Bonchev–Trinajstić information content (AvgIpc) is 3.04. The van der Waals surface area contributed by atoms with Crippen molar-refractivity contribution in [2.24, 2.45) is 7.05 Å². The standard InChI is InChI=1S/C15H11Cl4N5O/c1-23-6-11(18)13(21-23)15(25)20-14-12(19)7-24(22-14)5-8-2-3-9(16)4-10(8)17/h2-4,6-7H,5H2,1H3,(H,20,22,25). The minimum atomic E-state index is -0.498. The van der Waals surface area contributed by atoms with Gasteiger partial charge >= 0.3 is 0 Å². The number of nitrogens with one attached hydrogen (secondary N) is 1. The summed E-state index contributed by atoms with van der Waals surface area (Å²) >= 11 is 24.1. The van der Waals surface area contributed by atoms with Crippen molar-refractivity contribution in [3.05, 3.63) is 61.9 Å². The van der Waals surface area contributed by atoms with Gasteiger partial charge in [0.1, 0.15) is 5.02 Å². The van der Waals surface area contributed by atoms with Crippen LogP contribution in [0.5, 0.6) is 0 Å². The SMILES string of the molecule is Cn1cc(Cl)c(C(=O)Nc2nn(Cc3ccc(Cl)cc3Cl)cc2Cl)n1. The zero-order chi connectivity index (χ0) is 18.1. The van der Waals surface area contributed by atoms with E-state index in [4.69, 9.17) is 46.4 Å². The fourth-order valence-corrected chi connectivity index (χ4v) is 3.10. The molecule has 1 N–H and O–H groups in total. The number of halogens is 4. The summed E-state index contributed by atoms with van der Waals surface area (Å²) in [6, 6.07) is 5.18. The minimum absolute atomic E-state index is 0.0931. The monoisotopic (exact) mass is 417 g/mol. The Kier molecular flexibility index (Phi) is 5.24. The van der Waals surface area contributed by atoms with Crippen molar-refractivity contribution in [3.63, 3.8) is 0 Å². The van der Waals surface area contributed by atoms with Crippen molar-refractivity contribution in [1.82, 2.24) is 19.6 Å². The third-order valence-corrected chi connectivity index (χ3v) is 4.44. The van der Waals surface area contributed by atoms with Crippen molar-refractivity contribution in [3.8, 4) is 0 Å². The van der Waals surface area contributed by atoms with Gasteiger partial charge in [0, 0.05) is 29.5 Å². The first-order valence-electron chi connectivity index (χ1n) is 7.01. The molecule has 3 aromatic rings. The van der Waals surface area contributed by atoms with Gasteiger partial charge < -0.3 is 5.32 Å². The highest BCUT2D eigenvalue weighted by atomic mass is 35.5. The molecule has 0 saturated carbocycles. The number of hydrogen-bond acceptors (Lipinski definition) is 3. The minimum Gasteiger partial charge on any atom is -0.302 e. The lowest BCUT2D eigenvalue weighted by Gasteiger charge is -2.05. The van der Waals surface area contributed by atoms with Gasteiger partial charge in [0.15, 0.2) is 11.5 Å². The van der Waals surface area contributed by atoms with Crippen molar-refractivity contribution < 1.29 is 4.79 Å². The van der Waals surface area contributed by atoms with Gasteiger partial charge in [-0.15, -0.1) is 0 Å². The Balaban J connectivity index is 1.78. The number of carbonyl (C=O) groups excluding carboxylic acids is 1. The van der Waals surface area contributed by atoms with Gasteiger partial charge in [-0.25, -0.2) is 0 Å². The molecule has 0 aliphatic rings. The normalized spacial score (nSPS) is 10.9. The van der Waals surface area contributed by atoms with Crippen LogP contribution in [0.25, 0.3) is 0 Å². The zero-order valence-corrected chi connectivity index (χ0v) is 15.8. The molecule has 1 aromatic carbocycles. The second kappa shape index (κ2) is 7.25. The van der Waals surface area contributed by atoms with Crippen LogP contribution >= 0.6 is 46.4 Å². The van der Waals surface area contributed by atoms with Crippen LogP contribution in [0.15, 0.2) is 30.6 Å². The summed E-state index contributed by atoms with van der Waals surface area (Å²) < 4.78 is 3.01. The molecule has 0 atom stereocenters. The molecule has 0 aliphatic heterocycles. The number of nitrogens with zero attached hydrogens (tertiary/aromatic N) is 4. The van der Waals surface area contributed by atoms with E-state index >= 15 is 0 Å². The Labute approximate surface area is 163 Å². The molecule has 0 aliphatic carbocycles. The van der Waals surface area contributed by atoms with E-state index < -0.39 is 5.91 Å². The van der Waals surface area contributed by atoms with Crippen LogP contribution in [0.1, 0.15) is 16.1 Å². The summed E-state index contributed by atoms with van der Waals surface area (Å²) in [5.41, 5.74) is 0.909. The molecule has 0 spiro atoms. The van der Waals surface area contributed by atoms with Crippen LogP contribution in [-0.2, 0) is 13.6 Å². The van der Waals surface area contributed by atoms with E-state index in [0.29, 0.717) is 16.6 Å². The lowest BCUT2D eigenvalue weighted by atomic mass is 10.2. The number of hydrogen-bond donors (Lipinski definition) is 1. The predicted molar refractivity (Wildman–Crippen MR) is 99.0 cm³/mol. The Morgan fingerprint density at radius 1 is 1.08 bits per heavy atom. The van der Waals surface area contributed by atoms with Crippen molar-refractivity contribution in [1.29, 1.82) is 0 Å². The quantitative estimate of drug-likeness (QED) is 0.676. The Hall–Kier alpha value is -1.73. The molecule has 0 radical (unpaired) electrons. The smallest absolute Gasteiger partial charge is 0.278 e. The molecule has 1 amide bonds. The third-order valence-electron chi connectivity index (χ3n) is 3.30. The highest BCUT2D eigenvalue weighted by Gasteiger charge is 2.18. The van der Waals surface area contributed by atoms with Gasteiger partial charge in [0.05, 0.1) is 11.6 Å². The second-order valence-electron chi connectivity index (χ2n) is 5.21. The molecule has 10 heteroatoms. The summed E-state index contributed by atoms with van der Waals surface area (Å²) in [5, 5.41) is 12.4. The van der Waals surface area contributed by atoms with Crippen LogP contribution in [0.2, 0.25) is 20.1 Å². The summed E-state index contributed by atoms with van der Waals surface area (Å²) in [6.45, 7) is 0.371. The molecular formula is C15H11Cl4N5O. The molecule has 2 heterocycles. The van der Waals surface area contributed by atoms with E-state index in [2.05, 4.69) is 15.5 Å². The maximum atomic E-state index is 12.2. The van der Waals surface area contributed by atoms with Crippen LogP contribution in [0.3, 0.4) is 0 Å². The van der Waals surface area contributed by atoms with Gasteiger partial charge in [-0.3, -0.25) is 14.2 Å². The lowest BCUT2D eigenvalue weighted by Crippen LogP contribution is -2.14. The number of aromatic nitrogens is 4. The third kappa shape index (κ3) is 4.10. The molecule has 0 unspecified atom stereocenters. The van der Waals surface area contributed by atoms with Crippen molar-refractivity contribution >= 4 is 58.1 Å². The maximum absolute atomic E-state index is 12.2. The summed E-state index contributed by atoms with van der Waals surface area (Å²) in [5.74, 6) is -0.291. The zero-order valence-electron chi connectivity index (χ0n) is 12.8. The van der Waals surface area contributed by atoms with Gasteiger partial charge in [-0.2, -0.15) is 10.2 Å². The average molecular weight is 419 g/mol. The van der Waals surface area contributed by atoms with E-state index in [9.17, 15) is 4.79 Å². The van der Waals surface area contributed by atoms with E-state index in [1.54, 1.807) is 36.1 Å². The first kappa shape index (κ1) is 18.1. The molecule has 3 rings (SSSR count). The number of rotatable bonds is 4. The lowest BCUT2D eigenvalue weighted by molar-refractivity contribution is 0.102. The molecular weight excluding hydrogens is 408 g/mol. The van der Waals surface area contributed by atoms with Crippen LogP contribution in [-0.4, -0.2) is 25.5 Å². The van der Waals surface area contributed by atoms with Crippen LogP contribution in [0, 0.1) is 0 Å². The van der Waals surface area contributed by atoms with Gasteiger partial charge in [0.2, 0.25) is 0 Å². The number of benzene rings is 1. The largest absolute Gasteiger partial charge is 0.302 e. The van der Waals surface area contributed by atoms with Gasteiger partial charge in [0.25, 0.3) is 5.91 Å². The molecule has 130 valence electrons. The molecule has 0 fully saturated rings. The maximum Gasteiger partial charge on any atom is 0.278 e. The molecule has 2 aromatic heterocycles. The van der Waals surface area contributed by atoms with E-state index in [1.807, 2.05) is 0 Å². The number of carbonyl (C=O) groups is 1. The van der Waals surface area contributed by atoms with E-state index in [1.165, 1.54) is 10.9 Å². The first-order valence-corrected chi connectivity index (χ1v) is 8.52. The van der Waals surface area contributed by atoms with Crippen LogP contribution < -0.4 is 5.32 Å². The number of amides is 1. The van der Waals surface area contributed by atoms with Gasteiger partial charge in [-0.05, 0) is 17.7 Å². The molecule has 0 bridgehead atoms. The highest BCUT2D eigenvalue weighted by Crippen LogP contribution is 2.25. The molecule has 0 saturated heterocycles. The Bertz CT molecular complexity index is 950. The van der Waals surface area contributed by atoms with E-state index in [0.717, 1.165) is 5.56 Å².